The Balaban J connectivity index is 0.000000179. The predicted molar refractivity (Wildman–Crippen MR) is 120 cm³/mol. The van der Waals surface area contributed by atoms with Gasteiger partial charge in [0.25, 0.3) is 0 Å². The Morgan fingerprint density at radius 1 is 0.800 bits per heavy atom. The molecule has 154 valence electrons. The van der Waals surface area contributed by atoms with E-state index in [0.29, 0.717) is 5.69 Å². The van der Waals surface area contributed by atoms with Crippen molar-refractivity contribution in [1.29, 1.82) is 0 Å². The number of nitrogens with zero attached hydrogens (tertiary/aromatic N) is 4. The topological polar surface area (TPSA) is 95.9 Å². The lowest BCUT2D eigenvalue weighted by Crippen LogP contribution is -1.97. The average Bonchev–Trinajstić information content (AvgIpc) is 2.79. The molecule has 0 unspecified atom stereocenters. The van der Waals surface area contributed by atoms with E-state index in [2.05, 4.69) is 25.3 Å². The highest BCUT2D eigenvalue weighted by Crippen LogP contribution is 2.18. The van der Waals surface area contributed by atoms with Crippen molar-refractivity contribution in [2.24, 2.45) is 0 Å². The fourth-order valence-electron chi connectivity index (χ4n) is 2.09. The molecule has 7 nitrogen and oxygen atoms in total. The van der Waals surface area contributed by atoms with E-state index in [9.17, 15) is 0 Å². The summed E-state index contributed by atoms with van der Waals surface area (Å²) < 4.78 is 0. The fourth-order valence-corrected chi connectivity index (χ4v) is 2.22. The van der Waals surface area contributed by atoms with E-state index in [1.165, 1.54) is 6.33 Å². The molecule has 0 fully saturated rings. The highest BCUT2D eigenvalue weighted by molar-refractivity contribution is 6.28. The Morgan fingerprint density at radius 2 is 1.37 bits per heavy atom. The molecule has 0 saturated heterocycles. The number of aromatic nitrogens is 4. The first kappa shape index (κ1) is 22.7. The first-order valence-corrected chi connectivity index (χ1v) is 9.44. The fraction of sp³-hybridized carbons (Fsp3) is 0.0909. The second kappa shape index (κ2) is 12.8. The van der Waals surface area contributed by atoms with Gasteiger partial charge in [-0.2, -0.15) is 0 Å². The molecule has 2 heterocycles. The van der Waals surface area contributed by atoms with E-state index < -0.39 is 0 Å². The Labute approximate surface area is 180 Å². The van der Waals surface area contributed by atoms with Crippen LogP contribution >= 0.6 is 11.6 Å². The summed E-state index contributed by atoms with van der Waals surface area (Å²) in [6.07, 6.45) is 6.76. The summed E-state index contributed by atoms with van der Waals surface area (Å²) in [4.78, 5) is 15.6. The molecule has 4 aromatic rings. The highest BCUT2D eigenvalue weighted by Gasteiger charge is 2.01. The van der Waals surface area contributed by atoms with Gasteiger partial charge >= 0.3 is 0 Å². The van der Waals surface area contributed by atoms with Crippen LogP contribution in [0, 0.1) is 13.8 Å². The Kier molecular flexibility index (Phi) is 9.72. The second-order valence-electron chi connectivity index (χ2n) is 6.06. The quantitative estimate of drug-likeness (QED) is 0.298. The van der Waals surface area contributed by atoms with Crippen LogP contribution in [0.2, 0.25) is 5.28 Å². The standard InChI is InChI=1S/C11H10ClN3.C6H7NO.C5H6N2/c1-8-7-13-11(12)15-10(8)14-9-5-3-2-4-6-9;8-7-6-4-2-1-3-5-6;1-5-2-6-4-7-3-5/h2-7H,1H3,(H,13,14,15);1-5,7-8H;2-4H,1H3. The van der Waals surface area contributed by atoms with E-state index in [-0.39, 0.29) is 5.28 Å². The van der Waals surface area contributed by atoms with E-state index in [0.717, 1.165) is 22.6 Å². The van der Waals surface area contributed by atoms with Crippen molar-refractivity contribution in [3.63, 3.8) is 0 Å². The number of hydrogen-bond acceptors (Lipinski definition) is 7. The minimum atomic E-state index is 0.249. The van der Waals surface area contributed by atoms with Gasteiger partial charge in [0.05, 0.1) is 5.69 Å². The molecule has 30 heavy (non-hydrogen) atoms. The van der Waals surface area contributed by atoms with E-state index >= 15 is 0 Å². The van der Waals surface area contributed by atoms with Crippen molar-refractivity contribution in [3.8, 4) is 0 Å². The van der Waals surface area contributed by atoms with Gasteiger partial charge < -0.3 is 5.32 Å². The monoisotopic (exact) mass is 422 g/mol. The molecule has 3 N–H and O–H groups in total. The van der Waals surface area contributed by atoms with Crippen molar-refractivity contribution in [2.45, 2.75) is 13.8 Å². The molecule has 0 bridgehead atoms. The number of rotatable bonds is 3. The maximum Gasteiger partial charge on any atom is 0.224 e. The summed E-state index contributed by atoms with van der Waals surface area (Å²) in [5.41, 5.74) is 5.78. The third kappa shape index (κ3) is 8.64. The van der Waals surface area contributed by atoms with Gasteiger partial charge in [-0.1, -0.05) is 36.4 Å². The molecular formula is C22H23ClN6O. The van der Waals surface area contributed by atoms with Crippen molar-refractivity contribution < 1.29 is 5.21 Å². The van der Waals surface area contributed by atoms with Crippen LogP contribution in [0.4, 0.5) is 17.2 Å². The summed E-state index contributed by atoms with van der Waals surface area (Å²) in [5.74, 6) is 0.737. The number of para-hydroxylation sites is 2. The molecular weight excluding hydrogens is 400 g/mol. The average molecular weight is 423 g/mol. The van der Waals surface area contributed by atoms with Crippen molar-refractivity contribution >= 4 is 28.8 Å². The largest absolute Gasteiger partial charge is 0.340 e. The van der Waals surface area contributed by atoms with E-state index in [1.807, 2.05) is 67.9 Å². The van der Waals surface area contributed by atoms with Crippen molar-refractivity contribution in [2.75, 3.05) is 10.8 Å². The van der Waals surface area contributed by atoms with Gasteiger partial charge in [0.15, 0.2) is 0 Å². The zero-order chi connectivity index (χ0) is 21.6. The third-order valence-corrected chi connectivity index (χ3v) is 3.75. The van der Waals surface area contributed by atoms with Crippen LogP contribution in [0.5, 0.6) is 0 Å². The molecule has 0 radical (unpaired) electrons. The first-order chi connectivity index (χ1) is 14.6. The Bertz CT molecular complexity index is 988. The van der Waals surface area contributed by atoms with Crippen molar-refractivity contribution in [3.05, 3.63) is 102 Å². The number of benzene rings is 2. The summed E-state index contributed by atoms with van der Waals surface area (Å²) in [6.45, 7) is 3.89. The van der Waals surface area contributed by atoms with Crippen LogP contribution in [0.3, 0.4) is 0 Å². The summed E-state index contributed by atoms with van der Waals surface area (Å²) in [7, 11) is 0. The van der Waals surface area contributed by atoms with E-state index in [4.69, 9.17) is 16.8 Å². The van der Waals surface area contributed by atoms with Gasteiger partial charge in [-0.25, -0.2) is 19.9 Å². The Hall–Kier alpha value is -3.55. The van der Waals surface area contributed by atoms with Crippen LogP contribution in [-0.4, -0.2) is 25.1 Å². The van der Waals surface area contributed by atoms with Crippen LogP contribution in [0.25, 0.3) is 0 Å². The summed E-state index contributed by atoms with van der Waals surface area (Å²) >= 11 is 5.72. The molecule has 2 aromatic heterocycles. The van der Waals surface area contributed by atoms with Gasteiger partial charge in [0.2, 0.25) is 5.28 Å². The Morgan fingerprint density at radius 3 is 1.83 bits per heavy atom. The minimum Gasteiger partial charge on any atom is -0.340 e. The van der Waals surface area contributed by atoms with Gasteiger partial charge in [-0.3, -0.25) is 10.7 Å². The normalized spacial score (nSPS) is 9.33. The first-order valence-electron chi connectivity index (χ1n) is 9.06. The zero-order valence-corrected chi connectivity index (χ0v) is 17.5. The SMILES string of the molecule is Cc1cnc(Cl)nc1Nc1ccccc1.Cc1cncnc1.ONc1ccccc1. The van der Waals surface area contributed by atoms with Gasteiger partial charge in [-0.15, -0.1) is 0 Å². The number of nitrogens with one attached hydrogen (secondary N) is 2. The molecule has 4 rings (SSSR count). The number of hydrogen-bond donors (Lipinski definition) is 3. The molecule has 0 saturated carbocycles. The second-order valence-corrected chi connectivity index (χ2v) is 6.39. The van der Waals surface area contributed by atoms with Crippen LogP contribution < -0.4 is 10.8 Å². The molecule has 0 aliphatic carbocycles. The predicted octanol–water partition coefficient (Wildman–Crippen LogP) is 5.45. The third-order valence-electron chi connectivity index (χ3n) is 3.57. The van der Waals surface area contributed by atoms with Gasteiger partial charge in [-0.05, 0) is 55.3 Å². The maximum absolute atomic E-state index is 8.29. The lowest BCUT2D eigenvalue weighted by Gasteiger charge is -2.07. The molecule has 0 aliphatic rings. The molecule has 0 amide bonds. The molecule has 2 aromatic carbocycles. The minimum absolute atomic E-state index is 0.249. The molecule has 0 aliphatic heterocycles. The lowest BCUT2D eigenvalue weighted by molar-refractivity contribution is 0.389. The number of anilines is 3. The molecule has 8 heteroatoms. The summed E-state index contributed by atoms with van der Waals surface area (Å²) in [5, 5.41) is 11.7. The van der Waals surface area contributed by atoms with Gasteiger partial charge in [0.1, 0.15) is 12.1 Å². The van der Waals surface area contributed by atoms with Crippen LogP contribution in [0.15, 0.2) is 85.6 Å². The highest BCUT2D eigenvalue weighted by atomic mass is 35.5. The molecule has 0 spiro atoms. The smallest absolute Gasteiger partial charge is 0.224 e. The maximum atomic E-state index is 8.29. The molecule has 0 atom stereocenters. The number of halogens is 1. The zero-order valence-electron chi connectivity index (χ0n) is 16.7. The summed E-state index contributed by atoms with van der Waals surface area (Å²) in [6, 6.07) is 19.0. The van der Waals surface area contributed by atoms with Crippen molar-refractivity contribution in [1.82, 2.24) is 19.9 Å². The van der Waals surface area contributed by atoms with E-state index in [1.54, 1.807) is 30.7 Å². The lowest BCUT2D eigenvalue weighted by atomic mass is 10.3. The number of aryl methyl sites for hydroxylation is 2. The van der Waals surface area contributed by atoms with Crippen LogP contribution in [0.1, 0.15) is 11.1 Å². The van der Waals surface area contributed by atoms with Gasteiger partial charge in [0, 0.05) is 29.8 Å². The van der Waals surface area contributed by atoms with Crippen LogP contribution in [-0.2, 0) is 0 Å².